The maximum absolute atomic E-state index is 13.9. The van der Waals surface area contributed by atoms with Gasteiger partial charge in [-0.05, 0) is 69.7 Å². The molecular formula is C27H45N3O5S. The number of phenols is 1. The molecular weight excluding hydrogens is 478 g/mol. The van der Waals surface area contributed by atoms with Gasteiger partial charge in [0.05, 0.1) is 0 Å². The van der Waals surface area contributed by atoms with E-state index in [0.29, 0.717) is 37.2 Å². The molecule has 0 fully saturated rings. The van der Waals surface area contributed by atoms with Gasteiger partial charge in [-0.3, -0.25) is 9.59 Å². The molecule has 0 saturated carbocycles. The second-order valence-corrected chi connectivity index (χ2v) is 10.8. The summed E-state index contributed by atoms with van der Waals surface area (Å²) in [5, 5.41) is 15.8. The summed E-state index contributed by atoms with van der Waals surface area (Å²) in [7, 11) is 0. The highest BCUT2D eigenvalue weighted by Gasteiger charge is 2.36. The van der Waals surface area contributed by atoms with Gasteiger partial charge in [0, 0.05) is 13.1 Å². The first-order chi connectivity index (χ1) is 17.0. The molecule has 0 bridgehead atoms. The fraction of sp³-hybridized carbons (Fsp3) is 0.667. The zero-order valence-electron chi connectivity index (χ0n) is 22.8. The summed E-state index contributed by atoms with van der Waals surface area (Å²) in [5.41, 5.74) is -0.185. The van der Waals surface area contributed by atoms with Crippen LogP contribution in [-0.4, -0.2) is 64.7 Å². The molecule has 9 heteroatoms. The molecule has 0 spiro atoms. The minimum atomic E-state index is -0.935. The van der Waals surface area contributed by atoms with Crippen molar-refractivity contribution < 1.29 is 24.2 Å². The number of rotatable bonds is 15. The molecule has 0 aromatic heterocycles. The third kappa shape index (κ3) is 11.5. The van der Waals surface area contributed by atoms with E-state index in [1.54, 1.807) is 44.7 Å². The van der Waals surface area contributed by atoms with Crippen molar-refractivity contribution in [2.45, 2.75) is 90.8 Å². The highest BCUT2D eigenvalue weighted by atomic mass is 32.2. The lowest BCUT2D eigenvalue weighted by Gasteiger charge is -2.34. The number of benzene rings is 1. The lowest BCUT2D eigenvalue weighted by atomic mass is 10.0. The smallest absolute Gasteiger partial charge is 0.408 e. The van der Waals surface area contributed by atoms with Crippen molar-refractivity contribution in [2.24, 2.45) is 0 Å². The summed E-state index contributed by atoms with van der Waals surface area (Å²) in [6.07, 6.45) is 6.03. The van der Waals surface area contributed by atoms with Crippen LogP contribution in [0.5, 0.6) is 5.75 Å². The van der Waals surface area contributed by atoms with Crippen LogP contribution >= 0.6 is 11.8 Å². The average Bonchev–Trinajstić information content (AvgIpc) is 2.80. The van der Waals surface area contributed by atoms with Crippen LogP contribution in [-0.2, 0) is 14.3 Å². The molecule has 1 rings (SSSR count). The van der Waals surface area contributed by atoms with Gasteiger partial charge < -0.3 is 25.4 Å². The van der Waals surface area contributed by atoms with Crippen molar-refractivity contribution >= 4 is 29.7 Å². The molecule has 0 saturated heterocycles. The number of thioether (sulfide) groups is 1. The van der Waals surface area contributed by atoms with E-state index < -0.39 is 23.8 Å². The van der Waals surface area contributed by atoms with Crippen molar-refractivity contribution in [3.8, 4) is 5.75 Å². The van der Waals surface area contributed by atoms with Gasteiger partial charge >= 0.3 is 6.09 Å². The van der Waals surface area contributed by atoms with Crippen molar-refractivity contribution in [3.05, 3.63) is 29.8 Å². The number of phenolic OH excluding ortho intramolecular Hbond substituents is 1. The van der Waals surface area contributed by atoms with E-state index in [-0.39, 0.29) is 17.6 Å². The van der Waals surface area contributed by atoms with E-state index in [9.17, 15) is 19.5 Å². The molecule has 8 nitrogen and oxygen atoms in total. The van der Waals surface area contributed by atoms with E-state index in [1.165, 1.54) is 17.0 Å². The van der Waals surface area contributed by atoms with E-state index in [4.69, 9.17) is 4.74 Å². The molecule has 36 heavy (non-hydrogen) atoms. The SMILES string of the molecule is CCCCCNC(=O)C(c1cccc(O)c1)N(CCCC)C(=O)C(CCSC)NC(=O)OC(C)(C)C. The van der Waals surface area contributed by atoms with Crippen molar-refractivity contribution in [2.75, 3.05) is 25.1 Å². The Kier molecular flexibility index (Phi) is 14.4. The predicted molar refractivity (Wildman–Crippen MR) is 146 cm³/mol. The predicted octanol–water partition coefficient (Wildman–Crippen LogP) is 5.01. The Bertz CT molecular complexity index is 828. The number of alkyl carbamates (subject to hydrolysis) is 1. The van der Waals surface area contributed by atoms with Crippen molar-refractivity contribution in [3.63, 3.8) is 0 Å². The number of carbonyl (C=O) groups excluding carboxylic acids is 3. The van der Waals surface area contributed by atoms with E-state index in [1.807, 2.05) is 13.2 Å². The molecule has 3 amide bonds. The second kappa shape index (κ2) is 16.3. The number of nitrogens with zero attached hydrogens (tertiary/aromatic N) is 1. The summed E-state index contributed by atoms with van der Waals surface area (Å²) in [6, 6.07) is 4.66. The van der Waals surface area contributed by atoms with Gasteiger partial charge in [0.25, 0.3) is 0 Å². The van der Waals surface area contributed by atoms with E-state index in [2.05, 4.69) is 17.6 Å². The normalized spacial score (nSPS) is 12.9. The molecule has 0 heterocycles. The Hall–Kier alpha value is -2.42. The first-order valence-corrected chi connectivity index (χ1v) is 14.3. The summed E-state index contributed by atoms with van der Waals surface area (Å²) in [6.45, 7) is 10.2. The van der Waals surface area contributed by atoms with Crippen LogP contribution in [0.15, 0.2) is 24.3 Å². The molecule has 0 aliphatic rings. The van der Waals surface area contributed by atoms with Crippen LogP contribution in [0.1, 0.15) is 84.7 Å². The van der Waals surface area contributed by atoms with Gasteiger partial charge in [-0.2, -0.15) is 11.8 Å². The summed E-state index contributed by atoms with van der Waals surface area (Å²) in [4.78, 5) is 41.5. The number of hydrogen-bond donors (Lipinski definition) is 3. The summed E-state index contributed by atoms with van der Waals surface area (Å²) >= 11 is 1.57. The minimum absolute atomic E-state index is 0.0185. The monoisotopic (exact) mass is 523 g/mol. The number of carbonyl (C=O) groups is 3. The van der Waals surface area contributed by atoms with Crippen LogP contribution < -0.4 is 10.6 Å². The fourth-order valence-corrected chi connectivity index (χ4v) is 4.16. The Morgan fingerprint density at radius 2 is 1.81 bits per heavy atom. The summed E-state index contributed by atoms with van der Waals surface area (Å²) in [5.74, 6) is 0.0147. The topological polar surface area (TPSA) is 108 Å². The molecule has 0 radical (unpaired) electrons. The zero-order valence-corrected chi connectivity index (χ0v) is 23.6. The molecule has 0 aliphatic carbocycles. The largest absolute Gasteiger partial charge is 0.508 e. The number of nitrogens with one attached hydrogen (secondary N) is 2. The van der Waals surface area contributed by atoms with Crippen LogP contribution in [0.3, 0.4) is 0 Å². The molecule has 2 atom stereocenters. The maximum Gasteiger partial charge on any atom is 0.408 e. The number of aromatic hydroxyl groups is 1. The van der Waals surface area contributed by atoms with Crippen molar-refractivity contribution in [1.29, 1.82) is 0 Å². The van der Waals surface area contributed by atoms with Gasteiger partial charge in [-0.25, -0.2) is 4.79 Å². The van der Waals surface area contributed by atoms with Gasteiger partial charge in [0.1, 0.15) is 23.4 Å². The minimum Gasteiger partial charge on any atom is -0.508 e. The number of ether oxygens (including phenoxy) is 1. The summed E-state index contributed by atoms with van der Waals surface area (Å²) < 4.78 is 5.40. The maximum atomic E-state index is 13.9. The van der Waals surface area contributed by atoms with Gasteiger partial charge in [0.2, 0.25) is 11.8 Å². The quantitative estimate of drug-likeness (QED) is 0.279. The fourth-order valence-electron chi connectivity index (χ4n) is 3.69. The third-order valence-electron chi connectivity index (χ3n) is 5.46. The highest BCUT2D eigenvalue weighted by Crippen LogP contribution is 2.26. The van der Waals surface area contributed by atoms with Crippen molar-refractivity contribution in [1.82, 2.24) is 15.5 Å². The van der Waals surface area contributed by atoms with Crippen LogP contribution in [0.2, 0.25) is 0 Å². The Labute approximate surface area is 220 Å². The Morgan fingerprint density at radius 3 is 2.39 bits per heavy atom. The lowest BCUT2D eigenvalue weighted by molar-refractivity contribution is -0.142. The van der Waals surface area contributed by atoms with Gasteiger partial charge in [0.15, 0.2) is 0 Å². The van der Waals surface area contributed by atoms with Crippen LogP contribution in [0, 0.1) is 0 Å². The standard InChI is InChI=1S/C27H45N3O5S/c1-7-9-11-16-28-24(32)23(20-13-12-14-21(31)19-20)30(17-10-8-2)25(33)22(15-18-36-6)29-26(34)35-27(3,4)5/h12-14,19,22-23,31H,7-11,15-18H2,1-6H3,(H,28,32)(H,29,34). The third-order valence-corrected chi connectivity index (χ3v) is 6.10. The lowest BCUT2D eigenvalue weighted by Crippen LogP contribution is -2.53. The number of amides is 3. The number of unbranched alkanes of at least 4 members (excludes halogenated alkanes) is 3. The number of hydrogen-bond acceptors (Lipinski definition) is 6. The molecule has 1 aromatic rings. The molecule has 1 aromatic carbocycles. The van der Waals surface area contributed by atoms with Crippen LogP contribution in [0.25, 0.3) is 0 Å². The molecule has 2 unspecified atom stereocenters. The van der Waals surface area contributed by atoms with Crippen LogP contribution in [0.4, 0.5) is 4.79 Å². The van der Waals surface area contributed by atoms with E-state index in [0.717, 1.165) is 25.7 Å². The Balaban J connectivity index is 3.36. The molecule has 204 valence electrons. The molecule has 0 aliphatic heterocycles. The van der Waals surface area contributed by atoms with Gasteiger partial charge in [-0.1, -0.05) is 45.2 Å². The van der Waals surface area contributed by atoms with Gasteiger partial charge in [-0.15, -0.1) is 0 Å². The van der Waals surface area contributed by atoms with E-state index >= 15 is 0 Å². The zero-order chi connectivity index (χ0) is 27.1. The first kappa shape index (κ1) is 31.6. The first-order valence-electron chi connectivity index (χ1n) is 12.9. The average molecular weight is 524 g/mol. The second-order valence-electron chi connectivity index (χ2n) is 9.86. The Morgan fingerprint density at radius 1 is 1.11 bits per heavy atom. The highest BCUT2D eigenvalue weighted by molar-refractivity contribution is 7.98. The molecule has 3 N–H and O–H groups in total.